The molecule has 0 bridgehead atoms. The molecule has 0 saturated carbocycles. The standard InChI is InChI=1S/C76H71BN2/c1-73(2,3)52-37-35-48(36-38-52)51-41-63-59-32-22-20-30-57(59)56-29-19-21-31-58(56)60-33-23-24-34-66(60)78-68-46-55(76(10,11)12)47-69-70(68)77(65(42-51)72(63)78)64-40-39-53(74(4,5)6)45-67(64)79(69)71-61(49-25-15-13-16-26-49)43-54(75(7,8)9)44-62(71)50-27-17-14-18-28-50/h13-47H,1-12H3. The fraction of sp³-hybridized carbons (Fsp3) is 0.211. The fourth-order valence-electron chi connectivity index (χ4n) is 12.8. The molecule has 0 fully saturated rings. The van der Waals surface area contributed by atoms with Gasteiger partial charge >= 0.3 is 0 Å². The molecule has 0 spiro atoms. The van der Waals surface area contributed by atoms with Gasteiger partial charge in [0.2, 0.25) is 0 Å². The van der Waals surface area contributed by atoms with E-state index in [9.17, 15) is 0 Å². The Labute approximate surface area is 468 Å². The van der Waals surface area contributed by atoms with Crippen LogP contribution in [-0.2, 0) is 21.7 Å². The first-order valence-corrected chi connectivity index (χ1v) is 28.5. The zero-order valence-corrected chi connectivity index (χ0v) is 48.2. The lowest BCUT2D eigenvalue weighted by Gasteiger charge is -2.44. The van der Waals surface area contributed by atoms with E-state index in [1.807, 2.05) is 0 Å². The summed E-state index contributed by atoms with van der Waals surface area (Å²) in [4.78, 5) is 2.72. The predicted molar refractivity (Wildman–Crippen MR) is 344 cm³/mol. The lowest BCUT2D eigenvalue weighted by molar-refractivity contribution is 0.589. The molecule has 2 nitrogen and oxygen atoms in total. The predicted octanol–water partition coefficient (Wildman–Crippen LogP) is 19.0. The van der Waals surface area contributed by atoms with Crippen molar-refractivity contribution in [2.24, 2.45) is 0 Å². The summed E-state index contributed by atoms with van der Waals surface area (Å²) >= 11 is 0. The Bertz CT molecular complexity index is 4260. The molecule has 0 N–H and O–H groups in total. The average Bonchev–Trinajstić information content (AvgIpc) is 2.51. The van der Waals surface area contributed by atoms with Crippen LogP contribution in [0.3, 0.4) is 0 Å². The molecule has 388 valence electrons. The number of benzene rings is 10. The van der Waals surface area contributed by atoms with Crippen LogP contribution in [0.2, 0.25) is 0 Å². The number of anilines is 3. The van der Waals surface area contributed by atoms with Crippen LogP contribution in [0.1, 0.15) is 105 Å². The van der Waals surface area contributed by atoms with Gasteiger partial charge in [0.1, 0.15) is 0 Å². The van der Waals surface area contributed by atoms with Gasteiger partial charge in [-0.3, -0.25) is 0 Å². The van der Waals surface area contributed by atoms with Gasteiger partial charge in [-0.1, -0.05) is 253 Å². The number of aromatic nitrogens is 1. The fourth-order valence-corrected chi connectivity index (χ4v) is 12.8. The number of nitrogens with zero attached hydrogens (tertiary/aromatic N) is 2. The molecule has 1 aromatic heterocycles. The molecule has 2 aliphatic rings. The van der Waals surface area contributed by atoms with E-state index >= 15 is 0 Å². The summed E-state index contributed by atoms with van der Waals surface area (Å²) in [7, 11) is 0. The van der Waals surface area contributed by atoms with E-state index in [2.05, 4.69) is 305 Å². The second-order valence-electron chi connectivity index (χ2n) is 26.6. The second-order valence-corrected chi connectivity index (χ2v) is 26.6. The van der Waals surface area contributed by atoms with Crippen LogP contribution in [-0.4, -0.2) is 11.3 Å². The summed E-state index contributed by atoms with van der Waals surface area (Å²) in [6.45, 7) is 28.1. The highest BCUT2D eigenvalue weighted by molar-refractivity contribution is 7.00. The maximum absolute atomic E-state index is 2.72. The van der Waals surface area contributed by atoms with Crippen molar-refractivity contribution >= 4 is 83.5 Å². The summed E-state index contributed by atoms with van der Waals surface area (Å²) in [5.74, 6) is 0. The highest BCUT2D eigenvalue weighted by atomic mass is 15.2. The molecule has 10 aromatic carbocycles. The van der Waals surface area contributed by atoms with Crippen LogP contribution in [0.25, 0.3) is 82.4 Å². The van der Waals surface area contributed by atoms with Gasteiger partial charge in [-0.05, 0) is 147 Å². The Morgan fingerprint density at radius 1 is 0.304 bits per heavy atom. The number of fused-ring (bicyclic) bond motifs is 11. The summed E-state index contributed by atoms with van der Waals surface area (Å²) in [5.41, 5.74) is 23.2. The van der Waals surface area contributed by atoms with Crippen LogP contribution in [0, 0.1) is 0 Å². The summed E-state index contributed by atoms with van der Waals surface area (Å²) in [6, 6.07) is 81.9. The molecule has 2 aliphatic heterocycles. The quantitative estimate of drug-likeness (QED) is 0.160. The van der Waals surface area contributed by atoms with Crippen LogP contribution in [0.4, 0.5) is 17.1 Å². The van der Waals surface area contributed by atoms with Crippen molar-refractivity contribution in [2.45, 2.75) is 105 Å². The molecule has 3 heterocycles. The maximum atomic E-state index is 2.72. The minimum Gasteiger partial charge on any atom is -0.310 e. The molecular weight excluding hydrogens is 952 g/mol. The van der Waals surface area contributed by atoms with Gasteiger partial charge in [0.15, 0.2) is 0 Å². The maximum Gasteiger partial charge on any atom is 0.252 e. The van der Waals surface area contributed by atoms with E-state index in [1.165, 1.54) is 138 Å². The number of rotatable bonds is 4. The average molecular weight is 1020 g/mol. The van der Waals surface area contributed by atoms with Crippen molar-refractivity contribution in [3.05, 3.63) is 235 Å². The minimum absolute atomic E-state index is 0.0262. The van der Waals surface area contributed by atoms with E-state index in [0.29, 0.717) is 0 Å². The van der Waals surface area contributed by atoms with Gasteiger partial charge in [0, 0.05) is 44.5 Å². The monoisotopic (exact) mass is 1020 g/mol. The zero-order valence-electron chi connectivity index (χ0n) is 48.2. The Morgan fingerprint density at radius 2 is 0.747 bits per heavy atom. The first-order chi connectivity index (χ1) is 37.7. The van der Waals surface area contributed by atoms with E-state index in [0.717, 1.165) is 0 Å². The van der Waals surface area contributed by atoms with Crippen LogP contribution >= 0.6 is 0 Å². The molecule has 0 unspecified atom stereocenters. The van der Waals surface area contributed by atoms with E-state index in [4.69, 9.17) is 0 Å². The molecule has 0 aliphatic carbocycles. The molecule has 13 rings (SSSR count). The van der Waals surface area contributed by atoms with Crippen molar-refractivity contribution in [3.63, 3.8) is 0 Å². The van der Waals surface area contributed by atoms with Crippen molar-refractivity contribution < 1.29 is 0 Å². The Balaban J connectivity index is 1.30. The number of para-hydroxylation sites is 1. The topological polar surface area (TPSA) is 8.17 Å². The van der Waals surface area contributed by atoms with Crippen molar-refractivity contribution in [2.75, 3.05) is 4.90 Å². The van der Waals surface area contributed by atoms with Gasteiger partial charge in [0.05, 0.1) is 11.2 Å². The van der Waals surface area contributed by atoms with Crippen LogP contribution in [0.15, 0.2) is 212 Å². The lowest BCUT2D eigenvalue weighted by Crippen LogP contribution is -2.61. The molecule has 79 heavy (non-hydrogen) atoms. The van der Waals surface area contributed by atoms with Crippen molar-refractivity contribution in [1.29, 1.82) is 0 Å². The first kappa shape index (κ1) is 50.4. The Morgan fingerprint density at radius 3 is 1.29 bits per heavy atom. The SMILES string of the molecule is CC(C)(C)c1ccc(-c2cc3c4c(c2)c2ccccc2c2ccccc2c2ccccc2n4-c2cc(C(C)(C)C)cc4c2B3c2ccc(C(C)(C)C)cc2N4c2c(-c3ccccc3)cc(C(C)(C)C)cc2-c2ccccc2)cc1. The largest absolute Gasteiger partial charge is 0.310 e. The van der Waals surface area contributed by atoms with E-state index in [-0.39, 0.29) is 28.4 Å². The summed E-state index contributed by atoms with van der Waals surface area (Å²) < 4.78 is 2.70. The van der Waals surface area contributed by atoms with Crippen molar-refractivity contribution in [3.8, 4) is 39.1 Å². The molecule has 11 aromatic rings. The first-order valence-electron chi connectivity index (χ1n) is 28.5. The highest BCUT2D eigenvalue weighted by Crippen LogP contribution is 2.52. The van der Waals surface area contributed by atoms with Gasteiger partial charge in [-0.15, -0.1) is 0 Å². The molecule has 3 heteroatoms. The highest BCUT2D eigenvalue weighted by Gasteiger charge is 2.44. The van der Waals surface area contributed by atoms with Crippen LogP contribution < -0.4 is 21.3 Å². The summed E-state index contributed by atoms with van der Waals surface area (Å²) in [6.07, 6.45) is 0. The lowest BCUT2D eigenvalue weighted by atomic mass is 9.33. The summed E-state index contributed by atoms with van der Waals surface area (Å²) in [5, 5.41) is 7.36. The van der Waals surface area contributed by atoms with Gasteiger partial charge < -0.3 is 9.47 Å². The van der Waals surface area contributed by atoms with Crippen LogP contribution in [0.5, 0.6) is 0 Å². The van der Waals surface area contributed by atoms with Gasteiger partial charge in [-0.2, -0.15) is 0 Å². The number of hydrogen-bond donors (Lipinski definition) is 0. The molecular formula is C76H71BN2. The second kappa shape index (κ2) is 18.2. The molecule has 0 atom stereocenters. The molecule has 0 saturated heterocycles. The van der Waals surface area contributed by atoms with Gasteiger partial charge in [-0.25, -0.2) is 0 Å². The third kappa shape index (κ3) is 8.39. The molecule has 0 amide bonds. The normalized spacial score (nSPS) is 13.3. The van der Waals surface area contributed by atoms with E-state index in [1.54, 1.807) is 0 Å². The Hall–Kier alpha value is -8.14. The number of hydrogen-bond acceptors (Lipinski definition) is 1. The Kier molecular flexibility index (Phi) is 11.6. The minimum atomic E-state index is -0.217. The van der Waals surface area contributed by atoms with Gasteiger partial charge in [0.25, 0.3) is 6.71 Å². The van der Waals surface area contributed by atoms with Crippen molar-refractivity contribution in [1.82, 2.24) is 4.57 Å². The third-order valence-corrected chi connectivity index (χ3v) is 17.2. The third-order valence-electron chi connectivity index (χ3n) is 17.2. The molecule has 0 radical (unpaired) electrons. The zero-order chi connectivity index (χ0) is 54.9. The smallest absolute Gasteiger partial charge is 0.252 e. The van der Waals surface area contributed by atoms with E-state index < -0.39 is 0 Å².